The first-order chi connectivity index (χ1) is 18.5. The van der Waals surface area contributed by atoms with E-state index in [-0.39, 0.29) is 23.8 Å². The molecule has 3 aromatic rings. The van der Waals surface area contributed by atoms with Crippen LogP contribution in [0.2, 0.25) is 10.0 Å². The molecule has 1 aliphatic carbocycles. The number of aromatic amines is 1. The van der Waals surface area contributed by atoms with Gasteiger partial charge in [0, 0.05) is 59.3 Å². The van der Waals surface area contributed by atoms with E-state index in [9.17, 15) is 9.59 Å². The Morgan fingerprint density at radius 3 is 2.50 bits per heavy atom. The minimum absolute atomic E-state index is 0.0137. The Morgan fingerprint density at radius 1 is 1.03 bits per heavy atom. The van der Waals surface area contributed by atoms with Gasteiger partial charge in [0.05, 0.1) is 25.2 Å². The van der Waals surface area contributed by atoms with Gasteiger partial charge in [-0.2, -0.15) is 0 Å². The van der Waals surface area contributed by atoms with Gasteiger partial charge in [0.15, 0.2) is 0 Å². The number of benzene rings is 2. The molecule has 0 radical (unpaired) electrons. The van der Waals surface area contributed by atoms with Crippen LogP contribution in [0.25, 0.3) is 11.1 Å². The summed E-state index contributed by atoms with van der Waals surface area (Å²) in [6.45, 7) is 3.13. The van der Waals surface area contributed by atoms with Crippen molar-refractivity contribution in [2.75, 3.05) is 32.8 Å². The second kappa shape index (κ2) is 10.7. The van der Waals surface area contributed by atoms with Crippen LogP contribution in [0.3, 0.4) is 0 Å². The molecule has 3 aliphatic rings. The van der Waals surface area contributed by atoms with Crippen LogP contribution in [0, 0.1) is 5.92 Å². The number of aromatic nitrogens is 2. The minimum atomic E-state index is -0.121. The molecule has 2 fully saturated rings. The number of amides is 2. The lowest BCUT2D eigenvalue weighted by Crippen LogP contribution is -2.41. The number of H-pyrrole nitrogens is 1. The molecule has 2 saturated heterocycles. The van der Waals surface area contributed by atoms with Crippen molar-refractivity contribution < 1.29 is 14.3 Å². The molecule has 0 bridgehead atoms. The molecular weight excluding hydrogens is 523 g/mol. The van der Waals surface area contributed by atoms with E-state index in [1.165, 1.54) is 0 Å². The van der Waals surface area contributed by atoms with E-state index < -0.39 is 0 Å². The lowest BCUT2D eigenvalue weighted by Gasteiger charge is -2.31. The normalized spacial score (nSPS) is 21.6. The zero-order valence-corrected chi connectivity index (χ0v) is 22.6. The number of likely N-dealkylation sites (tertiary alicyclic amines) is 1. The second-order valence-electron chi connectivity index (χ2n) is 10.3. The highest BCUT2D eigenvalue weighted by atomic mass is 35.5. The third-order valence-corrected chi connectivity index (χ3v) is 8.78. The number of rotatable bonds is 5. The van der Waals surface area contributed by atoms with Gasteiger partial charge in [-0.05, 0) is 66.6 Å². The molecular formula is C29H30Cl2N4O3. The molecule has 2 amide bonds. The molecule has 7 nitrogen and oxygen atoms in total. The number of morpholine rings is 1. The molecule has 6 rings (SSSR count). The maximum atomic E-state index is 13.3. The van der Waals surface area contributed by atoms with Crippen LogP contribution in [-0.4, -0.2) is 70.5 Å². The Hall–Kier alpha value is -2.87. The molecule has 38 heavy (non-hydrogen) atoms. The smallest absolute Gasteiger partial charge is 0.254 e. The maximum absolute atomic E-state index is 13.3. The third-order valence-electron chi connectivity index (χ3n) is 8.11. The summed E-state index contributed by atoms with van der Waals surface area (Å²) in [7, 11) is 0. The SMILES string of the molecule is O=C(c1ccc(-c2cc(Cl)c(C[C@@H]3CCN(C4CCc5nc[nH]c5C4)C3=O)c(Cl)c2)cc1)N1CCOCC1. The standard InChI is InChI=1S/C29H30Cl2N4O3/c30-24-14-21(18-1-3-19(4-2-18)28(36)34-9-11-38-12-10-34)15-25(31)23(24)13-20-7-8-35(29(20)37)22-5-6-26-27(16-22)33-17-32-26/h1-4,14-15,17,20,22H,5-13,16H2,(H,32,33)/t20-,22?/m0/s1. The Bertz CT molecular complexity index is 1330. The lowest BCUT2D eigenvalue weighted by atomic mass is 9.94. The molecule has 0 saturated carbocycles. The summed E-state index contributed by atoms with van der Waals surface area (Å²) in [6.07, 6.45) is 5.76. The zero-order valence-electron chi connectivity index (χ0n) is 21.1. The number of ether oxygens (including phenoxy) is 1. The Kier molecular flexibility index (Phi) is 7.16. The van der Waals surface area contributed by atoms with E-state index >= 15 is 0 Å². The van der Waals surface area contributed by atoms with Crippen LogP contribution in [0.4, 0.5) is 0 Å². The first kappa shape index (κ1) is 25.4. The summed E-state index contributed by atoms with van der Waals surface area (Å²) >= 11 is 13.5. The van der Waals surface area contributed by atoms with Gasteiger partial charge in [-0.15, -0.1) is 0 Å². The van der Waals surface area contributed by atoms with Crippen LogP contribution >= 0.6 is 23.2 Å². The fraction of sp³-hybridized carbons (Fsp3) is 0.414. The van der Waals surface area contributed by atoms with Crippen LogP contribution < -0.4 is 0 Å². The molecule has 1 unspecified atom stereocenters. The molecule has 2 aliphatic heterocycles. The van der Waals surface area contributed by atoms with Crippen molar-refractivity contribution in [3.8, 4) is 11.1 Å². The van der Waals surface area contributed by atoms with Crippen molar-refractivity contribution in [2.24, 2.45) is 5.92 Å². The van der Waals surface area contributed by atoms with E-state index in [0.29, 0.717) is 48.3 Å². The topological polar surface area (TPSA) is 78.5 Å². The quantitative estimate of drug-likeness (QED) is 0.492. The van der Waals surface area contributed by atoms with Gasteiger partial charge in [0.1, 0.15) is 0 Å². The highest BCUT2D eigenvalue weighted by Gasteiger charge is 2.38. The number of carbonyl (C=O) groups excluding carboxylic acids is 2. The molecule has 3 heterocycles. The molecule has 2 aromatic carbocycles. The van der Waals surface area contributed by atoms with E-state index in [1.54, 1.807) is 6.33 Å². The van der Waals surface area contributed by atoms with Gasteiger partial charge in [-0.3, -0.25) is 9.59 Å². The Balaban J connectivity index is 1.13. The highest BCUT2D eigenvalue weighted by molar-refractivity contribution is 6.36. The summed E-state index contributed by atoms with van der Waals surface area (Å²) in [4.78, 5) is 37.6. The van der Waals surface area contributed by atoms with Crippen molar-refractivity contribution in [1.29, 1.82) is 0 Å². The van der Waals surface area contributed by atoms with Crippen LogP contribution in [-0.2, 0) is 28.8 Å². The fourth-order valence-corrected chi connectivity index (χ4v) is 6.57. The summed E-state index contributed by atoms with van der Waals surface area (Å²) in [6, 6.07) is 11.5. The predicted octanol–water partition coefficient (Wildman–Crippen LogP) is 4.80. The van der Waals surface area contributed by atoms with Gasteiger partial charge in [-0.1, -0.05) is 35.3 Å². The minimum Gasteiger partial charge on any atom is -0.378 e. The monoisotopic (exact) mass is 552 g/mol. The van der Waals surface area contributed by atoms with Gasteiger partial charge in [0.25, 0.3) is 5.91 Å². The van der Waals surface area contributed by atoms with Crippen molar-refractivity contribution in [1.82, 2.24) is 19.8 Å². The number of hydrogen-bond acceptors (Lipinski definition) is 4. The van der Waals surface area contributed by atoms with Crippen molar-refractivity contribution in [3.05, 3.63) is 75.3 Å². The average Bonchev–Trinajstić information content (AvgIpc) is 3.56. The summed E-state index contributed by atoms with van der Waals surface area (Å²) in [5.74, 6) is 0.0824. The first-order valence-corrected chi connectivity index (χ1v) is 14.0. The number of nitrogens with one attached hydrogen (secondary N) is 1. The van der Waals surface area contributed by atoms with E-state index in [2.05, 4.69) is 9.97 Å². The van der Waals surface area contributed by atoms with Gasteiger partial charge in [-0.25, -0.2) is 4.98 Å². The van der Waals surface area contributed by atoms with Crippen LogP contribution in [0.5, 0.6) is 0 Å². The van der Waals surface area contributed by atoms with Crippen molar-refractivity contribution in [2.45, 2.75) is 38.1 Å². The number of nitrogens with zero attached hydrogens (tertiary/aromatic N) is 3. The average molecular weight is 553 g/mol. The van der Waals surface area contributed by atoms with Crippen molar-refractivity contribution >= 4 is 35.0 Å². The third kappa shape index (κ3) is 4.95. The number of aryl methyl sites for hydroxylation is 1. The molecule has 9 heteroatoms. The zero-order chi connectivity index (χ0) is 26.2. The summed E-state index contributed by atoms with van der Waals surface area (Å²) in [5, 5.41) is 1.12. The van der Waals surface area contributed by atoms with Gasteiger partial charge >= 0.3 is 0 Å². The van der Waals surface area contributed by atoms with Gasteiger partial charge < -0.3 is 19.5 Å². The van der Waals surface area contributed by atoms with Crippen LogP contribution in [0.15, 0.2) is 42.7 Å². The fourth-order valence-electron chi connectivity index (χ4n) is 5.93. The molecule has 198 valence electrons. The largest absolute Gasteiger partial charge is 0.378 e. The highest BCUT2D eigenvalue weighted by Crippen LogP contribution is 2.36. The maximum Gasteiger partial charge on any atom is 0.254 e. The molecule has 2 atom stereocenters. The van der Waals surface area contributed by atoms with E-state index in [4.69, 9.17) is 27.9 Å². The van der Waals surface area contributed by atoms with Crippen molar-refractivity contribution in [3.63, 3.8) is 0 Å². The van der Waals surface area contributed by atoms with E-state index in [0.717, 1.165) is 60.3 Å². The second-order valence-corrected chi connectivity index (χ2v) is 11.2. The molecule has 1 N–H and O–H groups in total. The molecule has 1 aromatic heterocycles. The number of fused-ring (bicyclic) bond motifs is 1. The number of carbonyl (C=O) groups is 2. The number of imidazole rings is 1. The Morgan fingerprint density at radius 2 is 1.76 bits per heavy atom. The lowest BCUT2D eigenvalue weighted by molar-refractivity contribution is -0.133. The number of halogens is 2. The molecule has 0 spiro atoms. The van der Waals surface area contributed by atoms with E-state index in [1.807, 2.05) is 46.2 Å². The predicted molar refractivity (Wildman–Crippen MR) is 147 cm³/mol. The first-order valence-electron chi connectivity index (χ1n) is 13.2. The van der Waals surface area contributed by atoms with Gasteiger partial charge in [0.2, 0.25) is 5.91 Å². The number of hydrogen-bond donors (Lipinski definition) is 1. The van der Waals surface area contributed by atoms with Crippen LogP contribution in [0.1, 0.15) is 40.2 Å². The summed E-state index contributed by atoms with van der Waals surface area (Å²) < 4.78 is 5.34. The Labute approximate surface area is 232 Å². The summed E-state index contributed by atoms with van der Waals surface area (Å²) in [5.41, 5.74) is 5.55.